The number of hydrogen-bond acceptors (Lipinski definition) is 7. The first-order valence-electron chi connectivity index (χ1n) is 8.80. The molecule has 0 bridgehead atoms. The minimum atomic E-state index is 0.958. The molecule has 0 saturated carbocycles. The zero-order valence-electron chi connectivity index (χ0n) is 14.0. The summed E-state index contributed by atoms with van der Waals surface area (Å²) in [5.41, 5.74) is 3.10. The van der Waals surface area contributed by atoms with Crippen molar-refractivity contribution >= 4 is 23.0 Å². The molecular formula is C17H24N6S. The van der Waals surface area contributed by atoms with Crippen LogP contribution in [0.1, 0.15) is 25.0 Å². The molecule has 2 aliphatic heterocycles. The van der Waals surface area contributed by atoms with Crippen LogP contribution < -0.4 is 9.80 Å². The fraction of sp³-hybridized carbons (Fsp3) is 0.588. The minimum absolute atomic E-state index is 0.958. The molecule has 6 nitrogen and oxygen atoms in total. The van der Waals surface area contributed by atoms with Crippen molar-refractivity contribution < 1.29 is 0 Å². The fourth-order valence-corrected chi connectivity index (χ4v) is 4.08. The van der Waals surface area contributed by atoms with Crippen LogP contribution in [0.4, 0.5) is 11.6 Å². The lowest BCUT2D eigenvalue weighted by atomic mass is 10.3. The van der Waals surface area contributed by atoms with Crippen LogP contribution in [-0.4, -0.2) is 59.1 Å². The second-order valence-electron chi connectivity index (χ2n) is 6.53. The van der Waals surface area contributed by atoms with Gasteiger partial charge in [-0.1, -0.05) is 0 Å². The highest BCUT2D eigenvalue weighted by Gasteiger charge is 2.19. The van der Waals surface area contributed by atoms with Crippen molar-refractivity contribution in [2.45, 2.75) is 25.8 Å². The largest absolute Gasteiger partial charge is 0.356 e. The molecule has 2 aromatic heterocycles. The summed E-state index contributed by atoms with van der Waals surface area (Å²) >= 11 is 1.67. The summed E-state index contributed by atoms with van der Waals surface area (Å²) in [6.07, 6.45) is 5.43. The van der Waals surface area contributed by atoms with E-state index < -0.39 is 0 Å². The van der Waals surface area contributed by atoms with Crippen molar-refractivity contribution in [3.05, 3.63) is 29.0 Å². The van der Waals surface area contributed by atoms with Gasteiger partial charge in [0.15, 0.2) is 0 Å². The van der Waals surface area contributed by atoms with Gasteiger partial charge in [-0.2, -0.15) is 0 Å². The SMILES string of the molecule is c1nc(N2CCCC2)cc(N2CCCN(Cc3cscn3)CC2)n1. The molecule has 0 unspecified atom stereocenters. The fourth-order valence-electron chi connectivity index (χ4n) is 3.53. The Morgan fingerprint density at radius 1 is 0.833 bits per heavy atom. The number of hydrogen-bond donors (Lipinski definition) is 0. The quantitative estimate of drug-likeness (QED) is 0.848. The third kappa shape index (κ3) is 3.67. The van der Waals surface area contributed by atoms with Crippen molar-refractivity contribution in [1.29, 1.82) is 0 Å². The van der Waals surface area contributed by atoms with E-state index in [0.29, 0.717) is 0 Å². The summed E-state index contributed by atoms with van der Waals surface area (Å²) in [4.78, 5) is 20.7. The zero-order chi connectivity index (χ0) is 16.2. The molecule has 128 valence electrons. The van der Waals surface area contributed by atoms with Gasteiger partial charge in [-0.05, 0) is 19.3 Å². The summed E-state index contributed by atoms with van der Waals surface area (Å²) in [5.74, 6) is 2.16. The van der Waals surface area contributed by atoms with Crippen molar-refractivity contribution in [3.8, 4) is 0 Å². The smallest absolute Gasteiger partial charge is 0.134 e. The van der Waals surface area contributed by atoms with Gasteiger partial charge in [0.25, 0.3) is 0 Å². The molecule has 0 radical (unpaired) electrons. The van der Waals surface area contributed by atoms with E-state index in [0.717, 1.165) is 63.9 Å². The number of nitrogens with zero attached hydrogens (tertiary/aromatic N) is 6. The van der Waals surface area contributed by atoms with Crippen LogP contribution in [0.2, 0.25) is 0 Å². The number of aromatic nitrogens is 3. The molecule has 0 aliphatic carbocycles. The van der Waals surface area contributed by atoms with Gasteiger partial charge >= 0.3 is 0 Å². The molecule has 24 heavy (non-hydrogen) atoms. The highest BCUT2D eigenvalue weighted by Crippen LogP contribution is 2.22. The van der Waals surface area contributed by atoms with Crippen LogP contribution in [0, 0.1) is 0 Å². The van der Waals surface area contributed by atoms with E-state index in [1.165, 1.54) is 18.5 Å². The Morgan fingerprint density at radius 3 is 2.33 bits per heavy atom. The van der Waals surface area contributed by atoms with Gasteiger partial charge in [0.1, 0.15) is 18.0 Å². The van der Waals surface area contributed by atoms with E-state index in [1.807, 2.05) is 5.51 Å². The number of anilines is 2. The van der Waals surface area contributed by atoms with Gasteiger partial charge in [0, 0.05) is 57.3 Å². The third-order valence-corrected chi connectivity index (χ3v) is 5.49. The van der Waals surface area contributed by atoms with Gasteiger partial charge in [0.05, 0.1) is 11.2 Å². The van der Waals surface area contributed by atoms with E-state index in [1.54, 1.807) is 17.7 Å². The lowest BCUT2D eigenvalue weighted by Crippen LogP contribution is -2.31. The molecule has 2 fully saturated rings. The van der Waals surface area contributed by atoms with E-state index >= 15 is 0 Å². The maximum absolute atomic E-state index is 4.54. The zero-order valence-corrected chi connectivity index (χ0v) is 14.8. The summed E-state index contributed by atoms with van der Waals surface area (Å²) in [7, 11) is 0. The molecular weight excluding hydrogens is 320 g/mol. The molecule has 0 spiro atoms. The first-order valence-corrected chi connectivity index (χ1v) is 9.74. The van der Waals surface area contributed by atoms with Crippen LogP contribution in [0.15, 0.2) is 23.3 Å². The Morgan fingerprint density at radius 2 is 1.58 bits per heavy atom. The topological polar surface area (TPSA) is 48.4 Å². The molecule has 2 aliphatic rings. The van der Waals surface area contributed by atoms with Crippen molar-refractivity contribution in [3.63, 3.8) is 0 Å². The van der Waals surface area contributed by atoms with Crippen LogP contribution in [0.3, 0.4) is 0 Å². The van der Waals surface area contributed by atoms with Gasteiger partial charge in [-0.3, -0.25) is 4.90 Å². The molecule has 2 aromatic rings. The summed E-state index contributed by atoms with van der Waals surface area (Å²) in [6.45, 7) is 7.46. The second kappa shape index (κ2) is 7.44. The lowest BCUT2D eigenvalue weighted by molar-refractivity contribution is 0.282. The first kappa shape index (κ1) is 15.8. The average molecular weight is 344 g/mol. The second-order valence-corrected chi connectivity index (χ2v) is 7.24. The van der Waals surface area contributed by atoms with Crippen molar-refractivity contribution in [1.82, 2.24) is 19.9 Å². The Bertz CT molecular complexity index is 640. The Labute approximate surface area is 147 Å². The van der Waals surface area contributed by atoms with Crippen LogP contribution in [0.5, 0.6) is 0 Å². The molecule has 4 heterocycles. The Hall–Kier alpha value is -1.73. The maximum Gasteiger partial charge on any atom is 0.134 e. The molecule has 4 rings (SSSR count). The Kier molecular flexibility index (Phi) is 4.89. The summed E-state index contributed by atoms with van der Waals surface area (Å²) in [5, 5.41) is 2.15. The van der Waals surface area contributed by atoms with Crippen molar-refractivity contribution in [2.24, 2.45) is 0 Å². The summed E-state index contributed by atoms with van der Waals surface area (Å²) < 4.78 is 0. The molecule has 0 atom stereocenters. The maximum atomic E-state index is 4.54. The van der Waals surface area contributed by atoms with E-state index in [-0.39, 0.29) is 0 Å². The predicted molar refractivity (Wildman–Crippen MR) is 97.7 cm³/mol. The molecule has 0 amide bonds. The highest BCUT2D eigenvalue weighted by molar-refractivity contribution is 7.07. The Balaban J connectivity index is 1.40. The van der Waals surface area contributed by atoms with Gasteiger partial charge < -0.3 is 9.80 Å². The van der Waals surface area contributed by atoms with Crippen molar-refractivity contribution in [2.75, 3.05) is 49.1 Å². The minimum Gasteiger partial charge on any atom is -0.356 e. The van der Waals surface area contributed by atoms with Crippen LogP contribution in [0.25, 0.3) is 0 Å². The molecule has 0 aromatic carbocycles. The number of rotatable bonds is 4. The van der Waals surface area contributed by atoms with Crippen LogP contribution >= 0.6 is 11.3 Å². The summed E-state index contributed by atoms with van der Waals surface area (Å²) in [6, 6.07) is 2.17. The average Bonchev–Trinajstić information content (AvgIpc) is 3.27. The van der Waals surface area contributed by atoms with E-state index in [2.05, 4.69) is 41.1 Å². The predicted octanol–water partition coefficient (Wildman–Crippen LogP) is 2.25. The monoisotopic (exact) mass is 344 g/mol. The molecule has 0 N–H and O–H groups in total. The van der Waals surface area contributed by atoms with Gasteiger partial charge in [-0.25, -0.2) is 15.0 Å². The molecule has 2 saturated heterocycles. The molecule has 7 heteroatoms. The highest BCUT2D eigenvalue weighted by atomic mass is 32.1. The third-order valence-electron chi connectivity index (χ3n) is 4.85. The first-order chi connectivity index (χ1) is 11.9. The number of thiazole rings is 1. The standard InChI is InChI=1S/C17H24N6S/c1-2-6-22(5-1)16-10-17(19-13-18-16)23-7-3-4-21(8-9-23)11-15-12-24-14-20-15/h10,12-14H,1-9,11H2. The van der Waals surface area contributed by atoms with Gasteiger partial charge in [-0.15, -0.1) is 11.3 Å². The van der Waals surface area contributed by atoms with Crippen LogP contribution in [-0.2, 0) is 6.54 Å². The lowest BCUT2D eigenvalue weighted by Gasteiger charge is -2.24. The van der Waals surface area contributed by atoms with E-state index in [4.69, 9.17) is 0 Å². The van der Waals surface area contributed by atoms with E-state index in [9.17, 15) is 0 Å². The van der Waals surface area contributed by atoms with Gasteiger partial charge in [0.2, 0.25) is 0 Å². The normalized spacial score (nSPS) is 19.7.